The highest BCUT2D eigenvalue weighted by molar-refractivity contribution is 5.99. The molecular formula is C28H38N4O6. The van der Waals surface area contributed by atoms with E-state index in [0.717, 1.165) is 12.0 Å². The molecule has 0 radical (unpaired) electrons. The van der Waals surface area contributed by atoms with E-state index in [4.69, 9.17) is 4.74 Å². The third-order valence-electron chi connectivity index (χ3n) is 7.47. The van der Waals surface area contributed by atoms with Crippen molar-refractivity contribution in [2.45, 2.75) is 95.0 Å². The molecule has 4 rings (SSSR count). The number of unbranched alkanes of at least 4 members (excludes halogenated alkanes) is 2. The predicted molar refractivity (Wildman–Crippen MR) is 139 cm³/mol. The first-order chi connectivity index (χ1) is 18.2. The number of nitrogens with one attached hydrogen (secondary N) is 3. The van der Waals surface area contributed by atoms with Gasteiger partial charge < -0.3 is 25.6 Å². The fourth-order valence-corrected chi connectivity index (χ4v) is 5.10. The maximum Gasteiger partial charge on any atom is 0.246 e. The maximum atomic E-state index is 13.7. The number of ether oxygens (including phenoxy) is 1. The van der Waals surface area contributed by atoms with Crippen LogP contribution in [0.15, 0.2) is 30.3 Å². The number of carbonyl (C=O) groups is 5. The highest BCUT2D eigenvalue weighted by Crippen LogP contribution is 2.22. The fourth-order valence-electron chi connectivity index (χ4n) is 5.10. The molecule has 0 aromatic heterocycles. The molecule has 0 spiro atoms. The molecule has 3 fully saturated rings. The zero-order chi connectivity index (χ0) is 27.3. The predicted octanol–water partition coefficient (Wildman–Crippen LogP) is 1.02. The first-order valence-electron chi connectivity index (χ1n) is 13.6. The lowest BCUT2D eigenvalue weighted by Crippen LogP contribution is -2.64. The quantitative estimate of drug-likeness (QED) is 0.325. The van der Waals surface area contributed by atoms with Gasteiger partial charge in [-0.15, -0.1) is 0 Å². The summed E-state index contributed by atoms with van der Waals surface area (Å²) in [4.78, 5) is 66.9. The van der Waals surface area contributed by atoms with E-state index in [-0.39, 0.29) is 30.1 Å². The summed E-state index contributed by atoms with van der Waals surface area (Å²) in [5.74, 6) is -1.48. The zero-order valence-corrected chi connectivity index (χ0v) is 22.2. The number of benzene rings is 1. The summed E-state index contributed by atoms with van der Waals surface area (Å²) in [5.41, 5.74) is -0.429. The molecule has 3 N–H and O–H groups in total. The van der Waals surface area contributed by atoms with E-state index in [1.165, 1.54) is 0 Å². The standard InChI is InChI=1S/C28H38N4O6/c1-28(2)27(37)30-20(16-18-10-5-3-6-11-18)26(36)32-15-9-13-21(32)25(35)29-19(24(34)31-28)12-7-4-8-14-22(33)23-17-38-23/h3,5-6,10-11,19-21,23H,4,7-9,12-17H2,1-2H3,(H,29,35)(H,30,37)(H,31,34)/t19-,20-,21+,23+/m0/s1. The minimum absolute atomic E-state index is 0.103. The number of epoxide rings is 1. The molecule has 0 bridgehead atoms. The minimum Gasteiger partial charge on any atom is -0.365 e. The average Bonchev–Trinajstić information content (AvgIpc) is 3.62. The van der Waals surface area contributed by atoms with Crippen molar-refractivity contribution >= 4 is 29.4 Å². The van der Waals surface area contributed by atoms with Crippen LogP contribution < -0.4 is 16.0 Å². The number of fused-ring (bicyclic) bond motifs is 1. The molecule has 3 heterocycles. The van der Waals surface area contributed by atoms with Crippen LogP contribution in [-0.2, 0) is 35.1 Å². The highest BCUT2D eigenvalue weighted by atomic mass is 16.6. The van der Waals surface area contributed by atoms with Gasteiger partial charge in [-0.1, -0.05) is 43.2 Å². The van der Waals surface area contributed by atoms with Crippen LogP contribution in [0.1, 0.15) is 64.4 Å². The van der Waals surface area contributed by atoms with E-state index in [0.29, 0.717) is 51.7 Å². The Morgan fingerprint density at radius 2 is 1.74 bits per heavy atom. The fraction of sp³-hybridized carbons (Fsp3) is 0.607. The number of Topliss-reactive ketones (excluding diaryl/α,β-unsaturated/α-hetero) is 1. The van der Waals surface area contributed by atoms with Crippen LogP contribution in [0, 0.1) is 0 Å². The zero-order valence-electron chi connectivity index (χ0n) is 22.2. The Kier molecular flexibility index (Phi) is 8.81. The van der Waals surface area contributed by atoms with Gasteiger partial charge in [0.1, 0.15) is 29.8 Å². The number of amides is 4. The van der Waals surface area contributed by atoms with Gasteiger partial charge in [-0.3, -0.25) is 24.0 Å². The third kappa shape index (κ3) is 6.98. The molecule has 3 aliphatic rings. The van der Waals surface area contributed by atoms with Gasteiger partial charge in [-0.25, -0.2) is 0 Å². The van der Waals surface area contributed by atoms with Crippen LogP contribution in [0.25, 0.3) is 0 Å². The first-order valence-corrected chi connectivity index (χ1v) is 13.6. The number of ketones is 1. The van der Waals surface area contributed by atoms with Crippen LogP contribution in [0.3, 0.4) is 0 Å². The summed E-state index contributed by atoms with van der Waals surface area (Å²) >= 11 is 0. The van der Waals surface area contributed by atoms with Crippen molar-refractivity contribution in [3.05, 3.63) is 35.9 Å². The largest absolute Gasteiger partial charge is 0.365 e. The Morgan fingerprint density at radius 3 is 2.45 bits per heavy atom. The normalized spacial score (nSPS) is 27.4. The summed E-state index contributed by atoms with van der Waals surface area (Å²) in [6, 6.07) is 6.97. The molecule has 1 aromatic rings. The Hall–Kier alpha value is -3.27. The van der Waals surface area contributed by atoms with E-state index in [2.05, 4.69) is 16.0 Å². The van der Waals surface area contributed by atoms with Crippen molar-refractivity contribution in [3.63, 3.8) is 0 Å². The van der Waals surface area contributed by atoms with Crippen molar-refractivity contribution in [3.8, 4) is 0 Å². The monoisotopic (exact) mass is 526 g/mol. The van der Waals surface area contributed by atoms with Crippen molar-refractivity contribution in [1.29, 1.82) is 0 Å². The summed E-state index contributed by atoms with van der Waals surface area (Å²) in [5, 5.41) is 8.48. The Morgan fingerprint density at radius 1 is 1.00 bits per heavy atom. The van der Waals surface area contributed by atoms with E-state index >= 15 is 0 Å². The van der Waals surface area contributed by atoms with Crippen LogP contribution in [-0.4, -0.2) is 77.2 Å². The van der Waals surface area contributed by atoms with Gasteiger partial charge in [0, 0.05) is 19.4 Å². The van der Waals surface area contributed by atoms with Gasteiger partial charge in [0.15, 0.2) is 5.78 Å². The molecule has 10 nitrogen and oxygen atoms in total. The molecule has 4 amide bonds. The number of nitrogens with zero attached hydrogens (tertiary/aromatic N) is 1. The van der Waals surface area contributed by atoms with Gasteiger partial charge in [0.2, 0.25) is 23.6 Å². The topological polar surface area (TPSA) is 137 Å². The molecule has 0 aliphatic carbocycles. The second-order valence-corrected chi connectivity index (χ2v) is 11.0. The van der Waals surface area contributed by atoms with Crippen LogP contribution in [0.4, 0.5) is 0 Å². The van der Waals surface area contributed by atoms with Crippen molar-refractivity contribution in [1.82, 2.24) is 20.9 Å². The maximum absolute atomic E-state index is 13.7. The van der Waals surface area contributed by atoms with Crippen molar-refractivity contribution < 1.29 is 28.7 Å². The molecule has 1 aromatic carbocycles. The SMILES string of the molecule is CC1(C)NC(=O)[C@H](CCCCCC(=O)[C@H]2CO2)NC(=O)[C@H]2CCCN2C(=O)[C@H](Cc2ccccc2)NC1=O. The van der Waals surface area contributed by atoms with Gasteiger partial charge in [-0.05, 0) is 45.1 Å². The average molecular weight is 527 g/mol. The van der Waals surface area contributed by atoms with Crippen LogP contribution in [0.5, 0.6) is 0 Å². The number of hydrogen-bond donors (Lipinski definition) is 3. The van der Waals surface area contributed by atoms with E-state index in [9.17, 15) is 24.0 Å². The molecule has 3 aliphatic heterocycles. The molecular weight excluding hydrogens is 488 g/mol. The smallest absolute Gasteiger partial charge is 0.246 e. The van der Waals surface area contributed by atoms with Gasteiger partial charge in [0.05, 0.1) is 6.61 Å². The molecule has 0 saturated carbocycles. The molecule has 206 valence electrons. The lowest BCUT2D eigenvalue weighted by molar-refractivity contribution is -0.144. The Labute approximate surface area is 223 Å². The number of rotatable bonds is 9. The summed E-state index contributed by atoms with van der Waals surface area (Å²) in [6.45, 7) is 4.08. The Bertz CT molecular complexity index is 1050. The third-order valence-corrected chi connectivity index (χ3v) is 7.47. The van der Waals surface area contributed by atoms with E-state index in [1.807, 2.05) is 30.3 Å². The summed E-state index contributed by atoms with van der Waals surface area (Å²) in [6.07, 6.45) is 4.01. The van der Waals surface area contributed by atoms with Gasteiger partial charge in [-0.2, -0.15) is 0 Å². The molecule has 4 atom stereocenters. The second kappa shape index (κ2) is 12.1. The lowest BCUT2D eigenvalue weighted by atomic mass is 9.98. The first kappa shape index (κ1) is 27.8. The lowest BCUT2D eigenvalue weighted by Gasteiger charge is -2.34. The van der Waals surface area contributed by atoms with Gasteiger partial charge in [0.25, 0.3) is 0 Å². The molecule has 10 heteroatoms. The molecule has 0 unspecified atom stereocenters. The van der Waals surface area contributed by atoms with Crippen molar-refractivity contribution in [2.24, 2.45) is 0 Å². The molecule has 3 saturated heterocycles. The minimum atomic E-state index is -1.31. The number of carbonyl (C=O) groups excluding carboxylic acids is 5. The highest BCUT2D eigenvalue weighted by Gasteiger charge is 2.42. The van der Waals surface area contributed by atoms with Crippen LogP contribution >= 0.6 is 0 Å². The summed E-state index contributed by atoms with van der Waals surface area (Å²) in [7, 11) is 0. The van der Waals surface area contributed by atoms with E-state index < -0.39 is 35.5 Å². The van der Waals surface area contributed by atoms with Gasteiger partial charge >= 0.3 is 0 Å². The van der Waals surface area contributed by atoms with Crippen molar-refractivity contribution in [2.75, 3.05) is 13.2 Å². The van der Waals surface area contributed by atoms with Crippen LogP contribution in [0.2, 0.25) is 0 Å². The number of hydrogen-bond acceptors (Lipinski definition) is 6. The molecule has 38 heavy (non-hydrogen) atoms. The second-order valence-electron chi connectivity index (χ2n) is 11.0. The summed E-state index contributed by atoms with van der Waals surface area (Å²) < 4.78 is 5.01. The van der Waals surface area contributed by atoms with E-state index in [1.54, 1.807) is 18.7 Å². The Balaban J connectivity index is 1.48.